The summed E-state index contributed by atoms with van der Waals surface area (Å²) in [4.78, 5) is 25.4. The van der Waals surface area contributed by atoms with Crippen LogP contribution in [0.4, 0.5) is 13.2 Å². The van der Waals surface area contributed by atoms with Crippen molar-refractivity contribution >= 4 is 16.9 Å². The Morgan fingerprint density at radius 3 is 2.58 bits per heavy atom. The number of rotatable bonds is 7. The summed E-state index contributed by atoms with van der Waals surface area (Å²) in [6.45, 7) is 8.73. The molecule has 194 valence electrons. The minimum atomic E-state index is -4.12. The number of halogens is 3. The molecule has 1 unspecified atom stereocenters. The molecule has 0 N–H and O–H groups in total. The highest BCUT2D eigenvalue weighted by Gasteiger charge is 2.35. The molecule has 3 heterocycles. The summed E-state index contributed by atoms with van der Waals surface area (Å²) < 4.78 is 46.4. The smallest absolute Gasteiger partial charge is 0.389 e. The number of benzene rings is 1. The monoisotopic (exact) mass is 503 g/mol. The second-order valence-electron chi connectivity index (χ2n) is 10.5. The molecular weight excluding hydrogens is 471 g/mol. The zero-order chi connectivity index (χ0) is 26.3. The van der Waals surface area contributed by atoms with E-state index < -0.39 is 24.0 Å². The van der Waals surface area contributed by atoms with Crippen LogP contribution in [-0.4, -0.2) is 33.1 Å². The molecule has 1 aromatic carbocycles. The average molecular weight is 504 g/mol. The number of fused-ring (bicyclic) bond motifs is 5. The average Bonchev–Trinajstić information content (AvgIpc) is 3.16. The number of ether oxygens (including phenoxy) is 1. The minimum Gasteiger partial charge on any atom is -0.462 e. The highest BCUT2D eigenvalue weighted by atomic mass is 19.4. The Labute approximate surface area is 208 Å². The summed E-state index contributed by atoms with van der Waals surface area (Å²) in [6.07, 6.45) is -1.40. The molecule has 1 aliphatic heterocycles. The third kappa shape index (κ3) is 5.20. The van der Waals surface area contributed by atoms with E-state index in [9.17, 15) is 22.8 Å². The van der Waals surface area contributed by atoms with Crippen molar-refractivity contribution in [3.63, 3.8) is 0 Å². The van der Waals surface area contributed by atoms with Crippen LogP contribution in [0.3, 0.4) is 0 Å². The lowest BCUT2D eigenvalue weighted by Gasteiger charge is -2.38. The number of hydrogen-bond donors (Lipinski definition) is 0. The number of alkyl halides is 3. The van der Waals surface area contributed by atoms with E-state index in [2.05, 4.69) is 20.8 Å². The summed E-state index contributed by atoms with van der Waals surface area (Å²) in [7, 11) is 0. The minimum absolute atomic E-state index is 0.00617. The van der Waals surface area contributed by atoms with Crippen LogP contribution >= 0.6 is 0 Å². The first-order valence-corrected chi connectivity index (χ1v) is 12.4. The van der Waals surface area contributed by atoms with Crippen molar-refractivity contribution < 1.29 is 22.7 Å². The first-order valence-electron chi connectivity index (χ1n) is 12.4. The number of pyridine rings is 1. The Kier molecular flexibility index (Phi) is 7.03. The number of aromatic nitrogens is 3. The maximum atomic E-state index is 12.9. The molecule has 0 spiro atoms. The fourth-order valence-electron chi connectivity index (χ4n) is 4.93. The van der Waals surface area contributed by atoms with E-state index in [4.69, 9.17) is 9.84 Å². The Hall–Kier alpha value is -3.10. The predicted octanol–water partition coefficient (Wildman–Crippen LogP) is 6.31. The van der Waals surface area contributed by atoms with Crippen molar-refractivity contribution in [3.05, 3.63) is 51.8 Å². The van der Waals surface area contributed by atoms with Gasteiger partial charge in [-0.25, -0.2) is 4.79 Å². The van der Waals surface area contributed by atoms with Crippen molar-refractivity contribution in [3.8, 4) is 11.4 Å². The number of esters is 1. The van der Waals surface area contributed by atoms with Crippen LogP contribution in [0.25, 0.3) is 22.3 Å². The SMILES string of the molecule is CCOC(=O)c1cn2c(cc1=O)-c1c3cccc(CCCCCC(F)(F)F)c3nn1CC2C(C)(C)C. The quantitative estimate of drug-likeness (QED) is 0.280. The van der Waals surface area contributed by atoms with Gasteiger partial charge in [-0.05, 0) is 37.2 Å². The molecule has 0 fully saturated rings. The van der Waals surface area contributed by atoms with Crippen molar-refractivity contribution in [2.45, 2.75) is 78.6 Å². The van der Waals surface area contributed by atoms with Crippen LogP contribution in [0.5, 0.6) is 0 Å². The van der Waals surface area contributed by atoms with Gasteiger partial charge in [0, 0.05) is 24.1 Å². The highest BCUT2D eigenvalue weighted by Crippen LogP contribution is 2.42. The van der Waals surface area contributed by atoms with E-state index in [1.54, 1.807) is 13.1 Å². The van der Waals surface area contributed by atoms with Crippen molar-refractivity contribution in [1.82, 2.24) is 14.3 Å². The Morgan fingerprint density at radius 2 is 1.92 bits per heavy atom. The molecule has 36 heavy (non-hydrogen) atoms. The molecule has 0 radical (unpaired) electrons. The first-order chi connectivity index (χ1) is 16.9. The maximum absolute atomic E-state index is 12.9. The number of carbonyl (C=O) groups is 1. The highest BCUT2D eigenvalue weighted by molar-refractivity contribution is 5.95. The molecule has 0 amide bonds. The summed E-state index contributed by atoms with van der Waals surface area (Å²) in [5.74, 6) is -0.637. The number of aryl methyl sites for hydroxylation is 1. The second kappa shape index (κ2) is 9.75. The van der Waals surface area contributed by atoms with Crippen molar-refractivity contribution in [2.24, 2.45) is 5.41 Å². The molecule has 0 saturated heterocycles. The van der Waals surface area contributed by atoms with E-state index in [0.29, 0.717) is 31.5 Å². The first kappa shape index (κ1) is 26.0. The predicted molar refractivity (Wildman–Crippen MR) is 132 cm³/mol. The summed E-state index contributed by atoms with van der Waals surface area (Å²) in [5.41, 5.74) is 2.66. The van der Waals surface area contributed by atoms with E-state index in [1.807, 2.05) is 27.4 Å². The van der Waals surface area contributed by atoms with Gasteiger partial charge in [0.25, 0.3) is 0 Å². The van der Waals surface area contributed by atoms with Gasteiger partial charge in [-0.15, -0.1) is 0 Å². The third-order valence-electron chi connectivity index (χ3n) is 6.76. The maximum Gasteiger partial charge on any atom is 0.389 e. The molecule has 6 nitrogen and oxygen atoms in total. The van der Waals surface area contributed by atoms with Gasteiger partial charge in [-0.3, -0.25) is 9.48 Å². The van der Waals surface area contributed by atoms with Crippen LogP contribution < -0.4 is 5.43 Å². The van der Waals surface area contributed by atoms with E-state index >= 15 is 0 Å². The molecule has 1 aliphatic rings. The molecule has 0 aliphatic carbocycles. The molecule has 4 rings (SSSR count). The zero-order valence-electron chi connectivity index (χ0n) is 21.1. The van der Waals surface area contributed by atoms with E-state index in [1.165, 1.54) is 6.07 Å². The standard InChI is InChI=1S/C27H32F3N3O3/c1-5-36-25(35)19-15-32-20(14-21(19)34)24-18-12-9-11-17(10-7-6-8-13-27(28,29)30)23(18)31-33(24)16-22(32)26(2,3)4/h9,11-12,14-15,22H,5-8,10,13,16H2,1-4H3. The van der Waals surface area contributed by atoms with E-state index in [-0.39, 0.29) is 30.0 Å². The number of nitrogens with zero attached hydrogens (tertiary/aromatic N) is 3. The molecular formula is C27H32F3N3O3. The lowest BCUT2D eigenvalue weighted by atomic mass is 9.85. The number of carbonyl (C=O) groups excluding carboxylic acids is 1. The van der Waals surface area contributed by atoms with Gasteiger partial charge in [0.05, 0.1) is 36.1 Å². The number of unbranched alkanes of at least 4 members (excludes halogenated alkanes) is 2. The van der Waals surface area contributed by atoms with Gasteiger partial charge in [0.1, 0.15) is 5.56 Å². The van der Waals surface area contributed by atoms with Crippen molar-refractivity contribution in [1.29, 1.82) is 0 Å². The molecule has 9 heteroatoms. The molecule has 0 bridgehead atoms. The fourth-order valence-corrected chi connectivity index (χ4v) is 4.93. The summed E-state index contributed by atoms with van der Waals surface area (Å²) in [6, 6.07) is 7.24. The van der Waals surface area contributed by atoms with Gasteiger partial charge in [-0.2, -0.15) is 18.3 Å². The van der Waals surface area contributed by atoms with Gasteiger partial charge in [0.15, 0.2) is 5.43 Å². The zero-order valence-corrected chi connectivity index (χ0v) is 21.1. The Balaban J connectivity index is 1.75. The van der Waals surface area contributed by atoms with Crippen LogP contribution in [0.15, 0.2) is 35.3 Å². The molecule has 1 atom stereocenters. The third-order valence-corrected chi connectivity index (χ3v) is 6.76. The molecule has 2 aromatic heterocycles. The summed E-state index contributed by atoms with van der Waals surface area (Å²) in [5, 5.41) is 5.78. The van der Waals surface area contributed by atoms with Crippen LogP contribution in [0.2, 0.25) is 0 Å². The normalized spacial score (nSPS) is 15.6. The second-order valence-corrected chi connectivity index (χ2v) is 10.5. The molecule has 3 aromatic rings. The van der Waals surface area contributed by atoms with Gasteiger partial charge in [0.2, 0.25) is 0 Å². The Morgan fingerprint density at radius 1 is 1.17 bits per heavy atom. The molecule has 0 saturated carbocycles. The number of hydrogen-bond acceptors (Lipinski definition) is 4. The van der Waals surface area contributed by atoms with Crippen molar-refractivity contribution in [2.75, 3.05) is 6.61 Å². The summed E-state index contributed by atoms with van der Waals surface area (Å²) >= 11 is 0. The van der Waals surface area contributed by atoms with Crippen LogP contribution in [0.1, 0.15) is 75.3 Å². The largest absolute Gasteiger partial charge is 0.462 e. The van der Waals surface area contributed by atoms with Gasteiger partial charge in [-0.1, -0.05) is 45.4 Å². The fraction of sp³-hybridized carbons (Fsp3) is 0.519. The lowest BCUT2D eigenvalue weighted by molar-refractivity contribution is -0.135. The van der Waals surface area contributed by atoms with Crippen LogP contribution in [0, 0.1) is 5.41 Å². The topological polar surface area (TPSA) is 66.1 Å². The van der Waals surface area contributed by atoms with Gasteiger partial charge >= 0.3 is 12.1 Å². The lowest BCUT2D eigenvalue weighted by Crippen LogP contribution is -2.35. The Bertz CT molecular complexity index is 1330. The van der Waals surface area contributed by atoms with Crippen LogP contribution in [-0.2, 0) is 17.7 Å². The van der Waals surface area contributed by atoms with Gasteiger partial charge < -0.3 is 9.30 Å². The van der Waals surface area contributed by atoms with E-state index in [0.717, 1.165) is 22.2 Å².